The van der Waals surface area contributed by atoms with Crippen LogP contribution < -0.4 is 5.32 Å². The quantitative estimate of drug-likeness (QED) is 0.463. The van der Waals surface area contributed by atoms with Gasteiger partial charge in [-0.2, -0.15) is 0 Å². The standard InChI is InChI=1S/C13H16N2O2/c1-3-5-6-9-14-12-8-7-11(10-15-12)13(16)17-4-2/h1,7-8,10H,4-6,9H2,2H3,(H,14,15). The smallest absolute Gasteiger partial charge is 0.339 e. The van der Waals surface area contributed by atoms with Crippen molar-refractivity contribution >= 4 is 11.8 Å². The molecule has 0 atom stereocenters. The summed E-state index contributed by atoms with van der Waals surface area (Å²) in [6.07, 6.45) is 8.29. The molecule has 1 aromatic heterocycles. The van der Waals surface area contributed by atoms with E-state index >= 15 is 0 Å². The second kappa shape index (κ2) is 7.29. The lowest BCUT2D eigenvalue weighted by Gasteiger charge is -2.05. The maximum atomic E-state index is 11.4. The molecule has 4 heteroatoms. The molecule has 0 bridgehead atoms. The summed E-state index contributed by atoms with van der Waals surface area (Å²) >= 11 is 0. The number of rotatable bonds is 6. The Kier molecular flexibility index (Phi) is 5.59. The van der Waals surface area contributed by atoms with Crippen LogP contribution in [-0.2, 0) is 4.74 Å². The summed E-state index contributed by atoms with van der Waals surface area (Å²) in [6, 6.07) is 3.44. The molecule has 0 saturated carbocycles. The topological polar surface area (TPSA) is 51.2 Å². The second-order valence-electron chi connectivity index (χ2n) is 3.39. The summed E-state index contributed by atoms with van der Waals surface area (Å²) in [5, 5.41) is 3.12. The molecule has 0 aliphatic rings. The maximum absolute atomic E-state index is 11.4. The first kappa shape index (κ1) is 13.0. The van der Waals surface area contributed by atoms with E-state index in [9.17, 15) is 4.79 Å². The normalized spacial score (nSPS) is 9.41. The van der Waals surface area contributed by atoms with E-state index in [-0.39, 0.29) is 5.97 Å². The second-order valence-corrected chi connectivity index (χ2v) is 3.39. The first-order chi connectivity index (χ1) is 8.27. The van der Waals surface area contributed by atoms with Crippen LogP contribution in [-0.4, -0.2) is 24.1 Å². The lowest BCUT2D eigenvalue weighted by atomic mass is 10.3. The fraction of sp³-hybridized carbons (Fsp3) is 0.385. The number of carbonyl (C=O) groups is 1. The van der Waals surface area contributed by atoms with E-state index in [2.05, 4.69) is 16.2 Å². The lowest BCUT2D eigenvalue weighted by molar-refractivity contribution is 0.0526. The van der Waals surface area contributed by atoms with E-state index in [0.29, 0.717) is 12.2 Å². The van der Waals surface area contributed by atoms with Gasteiger partial charge in [-0.05, 0) is 25.5 Å². The van der Waals surface area contributed by atoms with Crippen LogP contribution in [0.5, 0.6) is 0 Å². The van der Waals surface area contributed by atoms with E-state index in [0.717, 1.165) is 25.2 Å². The fourth-order valence-electron chi connectivity index (χ4n) is 1.24. The van der Waals surface area contributed by atoms with Gasteiger partial charge in [0.05, 0.1) is 12.2 Å². The molecule has 1 rings (SSSR count). The number of nitrogens with one attached hydrogen (secondary N) is 1. The number of unbranched alkanes of at least 4 members (excludes halogenated alkanes) is 1. The Morgan fingerprint density at radius 3 is 3.00 bits per heavy atom. The van der Waals surface area contributed by atoms with Gasteiger partial charge in [0.1, 0.15) is 5.82 Å². The van der Waals surface area contributed by atoms with Crippen molar-refractivity contribution in [3.8, 4) is 12.3 Å². The minimum atomic E-state index is -0.348. The number of aromatic nitrogens is 1. The van der Waals surface area contributed by atoms with Crippen molar-refractivity contribution in [3.63, 3.8) is 0 Å². The molecular formula is C13H16N2O2. The molecule has 0 aliphatic carbocycles. The van der Waals surface area contributed by atoms with Crippen molar-refractivity contribution in [2.75, 3.05) is 18.5 Å². The molecule has 0 aliphatic heterocycles. The minimum absolute atomic E-state index is 0.348. The number of terminal acetylenes is 1. The Bertz CT molecular complexity index is 393. The zero-order valence-corrected chi connectivity index (χ0v) is 9.90. The van der Waals surface area contributed by atoms with Gasteiger partial charge in [0.25, 0.3) is 0 Å². The fourth-order valence-corrected chi connectivity index (χ4v) is 1.24. The zero-order valence-electron chi connectivity index (χ0n) is 9.90. The maximum Gasteiger partial charge on any atom is 0.339 e. The summed E-state index contributed by atoms with van der Waals surface area (Å²) in [5.41, 5.74) is 0.459. The van der Waals surface area contributed by atoms with Crippen molar-refractivity contribution in [1.82, 2.24) is 4.98 Å². The number of ether oxygens (including phenoxy) is 1. The summed E-state index contributed by atoms with van der Waals surface area (Å²) in [7, 11) is 0. The highest BCUT2D eigenvalue weighted by Crippen LogP contribution is 2.06. The first-order valence-electron chi connectivity index (χ1n) is 5.58. The molecule has 1 heterocycles. The van der Waals surface area contributed by atoms with Gasteiger partial charge in [-0.25, -0.2) is 9.78 Å². The molecule has 17 heavy (non-hydrogen) atoms. The van der Waals surface area contributed by atoms with E-state index in [4.69, 9.17) is 11.2 Å². The lowest BCUT2D eigenvalue weighted by Crippen LogP contribution is -2.07. The van der Waals surface area contributed by atoms with Crippen molar-refractivity contribution in [1.29, 1.82) is 0 Å². The van der Waals surface area contributed by atoms with Crippen molar-refractivity contribution in [2.45, 2.75) is 19.8 Å². The molecule has 90 valence electrons. The number of nitrogens with zero attached hydrogens (tertiary/aromatic N) is 1. The predicted molar refractivity (Wildman–Crippen MR) is 66.8 cm³/mol. The highest BCUT2D eigenvalue weighted by Gasteiger charge is 2.05. The molecule has 0 radical (unpaired) electrons. The van der Waals surface area contributed by atoms with Gasteiger partial charge in [-0.15, -0.1) is 12.3 Å². The largest absolute Gasteiger partial charge is 0.462 e. The van der Waals surface area contributed by atoms with Crippen LogP contribution in [0.2, 0.25) is 0 Å². The number of hydrogen-bond acceptors (Lipinski definition) is 4. The van der Waals surface area contributed by atoms with Crippen molar-refractivity contribution in [2.24, 2.45) is 0 Å². The van der Waals surface area contributed by atoms with Crippen LogP contribution in [0.1, 0.15) is 30.1 Å². The third-order valence-electron chi connectivity index (χ3n) is 2.08. The van der Waals surface area contributed by atoms with Gasteiger partial charge in [-0.3, -0.25) is 0 Å². The van der Waals surface area contributed by atoms with E-state index in [1.807, 2.05) is 0 Å². The number of esters is 1. The SMILES string of the molecule is C#CCCCNc1ccc(C(=O)OCC)cn1. The van der Waals surface area contributed by atoms with Gasteiger partial charge >= 0.3 is 5.97 Å². The Morgan fingerprint density at radius 1 is 1.59 bits per heavy atom. The monoisotopic (exact) mass is 232 g/mol. The third kappa shape index (κ3) is 4.56. The van der Waals surface area contributed by atoms with Gasteiger partial charge in [0, 0.05) is 19.2 Å². The molecule has 0 unspecified atom stereocenters. The van der Waals surface area contributed by atoms with Crippen LogP contribution in [0.15, 0.2) is 18.3 Å². The average molecular weight is 232 g/mol. The first-order valence-corrected chi connectivity index (χ1v) is 5.58. The summed E-state index contributed by atoms with van der Waals surface area (Å²) < 4.78 is 4.86. The van der Waals surface area contributed by atoms with E-state index in [1.165, 1.54) is 6.20 Å². The number of carbonyl (C=O) groups excluding carboxylic acids is 1. The van der Waals surface area contributed by atoms with Gasteiger partial charge in [0.15, 0.2) is 0 Å². The van der Waals surface area contributed by atoms with Crippen LogP contribution in [0, 0.1) is 12.3 Å². The van der Waals surface area contributed by atoms with Crippen LogP contribution in [0.3, 0.4) is 0 Å². The highest BCUT2D eigenvalue weighted by molar-refractivity contribution is 5.89. The number of hydrogen-bond donors (Lipinski definition) is 1. The minimum Gasteiger partial charge on any atom is -0.462 e. The molecule has 4 nitrogen and oxygen atoms in total. The molecule has 0 fully saturated rings. The summed E-state index contributed by atoms with van der Waals surface area (Å²) in [6.45, 7) is 2.91. The van der Waals surface area contributed by atoms with Crippen molar-refractivity contribution in [3.05, 3.63) is 23.9 Å². The highest BCUT2D eigenvalue weighted by atomic mass is 16.5. The Morgan fingerprint density at radius 2 is 2.41 bits per heavy atom. The van der Waals surface area contributed by atoms with Crippen LogP contribution in [0.4, 0.5) is 5.82 Å². The molecule has 0 amide bonds. The molecule has 0 aromatic carbocycles. The molecule has 1 N–H and O–H groups in total. The van der Waals surface area contributed by atoms with Crippen LogP contribution in [0.25, 0.3) is 0 Å². The number of anilines is 1. The van der Waals surface area contributed by atoms with Gasteiger partial charge < -0.3 is 10.1 Å². The molecule has 0 spiro atoms. The Hall–Kier alpha value is -2.02. The molecular weight excluding hydrogens is 216 g/mol. The van der Waals surface area contributed by atoms with Gasteiger partial charge in [-0.1, -0.05) is 0 Å². The van der Waals surface area contributed by atoms with Crippen LogP contribution >= 0.6 is 0 Å². The average Bonchev–Trinajstić information content (AvgIpc) is 2.36. The third-order valence-corrected chi connectivity index (χ3v) is 2.08. The number of pyridine rings is 1. The van der Waals surface area contributed by atoms with E-state index < -0.39 is 0 Å². The van der Waals surface area contributed by atoms with E-state index in [1.54, 1.807) is 19.1 Å². The summed E-state index contributed by atoms with van der Waals surface area (Å²) in [5.74, 6) is 2.95. The van der Waals surface area contributed by atoms with Gasteiger partial charge in [0.2, 0.25) is 0 Å². The molecule has 1 aromatic rings. The Labute approximate surface area is 101 Å². The van der Waals surface area contributed by atoms with Crippen molar-refractivity contribution < 1.29 is 9.53 Å². The summed E-state index contributed by atoms with van der Waals surface area (Å²) in [4.78, 5) is 15.5. The predicted octanol–water partition coefficient (Wildman–Crippen LogP) is 2.08. The zero-order chi connectivity index (χ0) is 12.5. The molecule has 0 saturated heterocycles. The Balaban J connectivity index is 2.45.